The summed E-state index contributed by atoms with van der Waals surface area (Å²) in [5.41, 5.74) is -0.993. The molecule has 2 rings (SSSR count). The summed E-state index contributed by atoms with van der Waals surface area (Å²) in [6.07, 6.45) is -2.50. The molecule has 0 amide bonds. The summed E-state index contributed by atoms with van der Waals surface area (Å²) in [5, 5.41) is -0.366. The van der Waals surface area contributed by atoms with Crippen molar-refractivity contribution in [2.75, 3.05) is 11.4 Å². The zero-order valence-corrected chi connectivity index (χ0v) is 11.5. The quantitative estimate of drug-likeness (QED) is 0.738. The van der Waals surface area contributed by atoms with Crippen LogP contribution in [0.4, 0.5) is 19.0 Å². The summed E-state index contributed by atoms with van der Waals surface area (Å²) in [6, 6.07) is 1.13. The molecule has 2 heterocycles. The Morgan fingerprint density at radius 1 is 1.26 bits per heavy atom. The molecule has 106 valence electrons. The number of aromatic nitrogens is 2. The molecular formula is C12H15ClF3N3. The second-order valence-corrected chi connectivity index (χ2v) is 5.40. The van der Waals surface area contributed by atoms with Gasteiger partial charge in [0.15, 0.2) is 5.69 Å². The Hall–Kier alpha value is -1.04. The lowest BCUT2D eigenvalue weighted by Crippen LogP contribution is -2.41. The van der Waals surface area contributed by atoms with Crippen LogP contribution in [-0.4, -0.2) is 22.6 Å². The molecule has 1 aliphatic rings. The van der Waals surface area contributed by atoms with Gasteiger partial charge in [-0.15, -0.1) is 0 Å². The van der Waals surface area contributed by atoms with Crippen molar-refractivity contribution >= 4 is 17.4 Å². The average molecular weight is 294 g/mol. The van der Waals surface area contributed by atoms with E-state index >= 15 is 0 Å². The molecule has 0 aromatic carbocycles. The van der Waals surface area contributed by atoms with Crippen LogP contribution in [0.1, 0.15) is 32.4 Å². The largest absolute Gasteiger partial charge is 0.433 e. The first-order valence-electron chi connectivity index (χ1n) is 6.16. The summed E-state index contributed by atoms with van der Waals surface area (Å²) >= 11 is 5.61. The number of halogens is 4. The van der Waals surface area contributed by atoms with Crippen molar-refractivity contribution in [2.45, 2.75) is 38.9 Å². The van der Waals surface area contributed by atoms with Gasteiger partial charge in [0.2, 0.25) is 5.28 Å². The van der Waals surface area contributed by atoms with Gasteiger partial charge in [-0.1, -0.05) is 6.92 Å². The number of rotatable bonds is 1. The number of piperidine rings is 1. The van der Waals surface area contributed by atoms with Crippen molar-refractivity contribution in [2.24, 2.45) is 5.92 Å². The predicted octanol–water partition coefficient (Wildman–Crippen LogP) is 3.77. The lowest BCUT2D eigenvalue weighted by atomic mass is 9.95. The van der Waals surface area contributed by atoms with Crippen LogP contribution in [0, 0.1) is 5.92 Å². The van der Waals surface area contributed by atoms with Crippen LogP contribution in [-0.2, 0) is 6.18 Å². The van der Waals surface area contributed by atoms with E-state index in [1.807, 2.05) is 11.8 Å². The van der Waals surface area contributed by atoms with Gasteiger partial charge in [0.25, 0.3) is 0 Å². The minimum atomic E-state index is -4.51. The van der Waals surface area contributed by atoms with Crippen molar-refractivity contribution in [3.05, 3.63) is 17.0 Å². The minimum Gasteiger partial charge on any atom is -0.353 e. The third-order valence-electron chi connectivity index (χ3n) is 3.39. The molecule has 0 spiro atoms. The van der Waals surface area contributed by atoms with Crippen molar-refractivity contribution in [1.82, 2.24) is 9.97 Å². The van der Waals surface area contributed by atoms with E-state index in [-0.39, 0.29) is 17.1 Å². The maximum Gasteiger partial charge on any atom is 0.433 e. The van der Waals surface area contributed by atoms with E-state index in [1.54, 1.807) is 0 Å². The zero-order valence-electron chi connectivity index (χ0n) is 10.7. The fraction of sp³-hybridized carbons (Fsp3) is 0.667. The number of anilines is 1. The first kappa shape index (κ1) is 14.4. The Kier molecular flexibility index (Phi) is 3.90. The molecule has 1 saturated heterocycles. The summed E-state index contributed by atoms with van der Waals surface area (Å²) in [7, 11) is 0. The Morgan fingerprint density at radius 2 is 1.95 bits per heavy atom. The van der Waals surface area contributed by atoms with Crippen LogP contribution in [0.3, 0.4) is 0 Å². The first-order valence-corrected chi connectivity index (χ1v) is 6.53. The van der Waals surface area contributed by atoms with Gasteiger partial charge in [0.1, 0.15) is 5.82 Å². The normalized spacial score (nSPS) is 24.6. The van der Waals surface area contributed by atoms with Crippen LogP contribution < -0.4 is 4.90 Å². The van der Waals surface area contributed by atoms with Gasteiger partial charge in [0, 0.05) is 18.7 Å². The van der Waals surface area contributed by atoms with Gasteiger partial charge in [-0.05, 0) is 37.3 Å². The predicted molar refractivity (Wildman–Crippen MR) is 67.3 cm³/mol. The van der Waals surface area contributed by atoms with Gasteiger partial charge in [-0.3, -0.25) is 0 Å². The highest BCUT2D eigenvalue weighted by atomic mass is 35.5. The maximum atomic E-state index is 12.7. The molecule has 0 bridgehead atoms. The van der Waals surface area contributed by atoms with Gasteiger partial charge in [-0.25, -0.2) is 9.97 Å². The van der Waals surface area contributed by atoms with Crippen LogP contribution in [0.15, 0.2) is 6.07 Å². The molecule has 0 aliphatic carbocycles. The topological polar surface area (TPSA) is 29.0 Å². The van der Waals surface area contributed by atoms with E-state index in [1.165, 1.54) is 0 Å². The molecule has 0 N–H and O–H groups in total. The van der Waals surface area contributed by atoms with Crippen LogP contribution in [0.2, 0.25) is 5.28 Å². The molecule has 7 heteroatoms. The summed E-state index contributed by atoms with van der Waals surface area (Å²) in [6.45, 7) is 4.74. The fourth-order valence-corrected chi connectivity index (χ4v) is 2.48. The monoisotopic (exact) mass is 293 g/mol. The lowest BCUT2D eigenvalue weighted by molar-refractivity contribution is -0.141. The third-order valence-corrected chi connectivity index (χ3v) is 3.56. The minimum absolute atomic E-state index is 0.156. The van der Waals surface area contributed by atoms with E-state index in [4.69, 9.17) is 11.6 Å². The molecule has 0 radical (unpaired) electrons. The van der Waals surface area contributed by atoms with E-state index in [9.17, 15) is 13.2 Å². The van der Waals surface area contributed by atoms with Gasteiger partial charge in [-0.2, -0.15) is 13.2 Å². The molecule has 1 fully saturated rings. The van der Waals surface area contributed by atoms with Crippen LogP contribution >= 0.6 is 11.6 Å². The SMILES string of the molecule is CC1CCC(C)N(c2cc(C(F)(F)F)nc(Cl)n2)C1. The van der Waals surface area contributed by atoms with Crippen molar-refractivity contribution in [1.29, 1.82) is 0 Å². The van der Waals surface area contributed by atoms with Gasteiger partial charge in [0.05, 0.1) is 0 Å². The van der Waals surface area contributed by atoms with E-state index in [0.29, 0.717) is 12.5 Å². The number of alkyl halides is 3. The molecule has 0 saturated carbocycles. The Labute approximate surface area is 114 Å². The summed E-state index contributed by atoms with van der Waals surface area (Å²) in [5.74, 6) is 0.686. The highest BCUT2D eigenvalue weighted by Gasteiger charge is 2.35. The summed E-state index contributed by atoms with van der Waals surface area (Å²) < 4.78 is 38.2. The molecule has 1 aliphatic heterocycles. The Morgan fingerprint density at radius 3 is 2.58 bits per heavy atom. The molecule has 19 heavy (non-hydrogen) atoms. The standard InChI is InChI=1S/C12H15ClF3N3/c1-7-3-4-8(2)19(6-7)10-5-9(12(14,15)16)17-11(13)18-10/h5,7-8H,3-4,6H2,1-2H3. The second kappa shape index (κ2) is 5.15. The maximum absolute atomic E-state index is 12.7. The second-order valence-electron chi connectivity index (χ2n) is 5.06. The Bertz CT molecular complexity index is 464. The first-order chi connectivity index (χ1) is 8.77. The Balaban J connectivity index is 2.36. The van der Waals surface area contributed by atoms with E-state index < -0.39 is 11.9 Å². The average Bonchev–Trinajstić information content (AvgIpc) is 2.30. The van der Waals surface area contributed by atoms with Gasteiger partial charge < -0.3 is 4.90 Å². The van der Waals surface area contributed by atoms with E-state index in [2.05, 4.69) is 16.9 Å². The number of nitrogens with zero attached hydrogens (tertiary/aromatic N) is 3. The molecule has 1 aromatic heterocycles. The lowest BCUT2D eigenvalue weighted by Gasteiger charge is -2.37. The number of hydrogen-bond donors (Lipinski definition) is 0. The molecule has 3 nitrogen and oxygen atoms in total. The van der Waals surface area contributed by atoms with Crippen LogP contribution in [0.5, 0.6) is 0 Å². The van der Waals surface area contributed by atoms with Crippen molar-refractivity contribution < 1.29 is 13.2 Å². The van der Waals surface area contributed by atoms with Crippen molar-refractivity contribution in [3.8, 4) is 0 Å². The smallest absolute Gasteiger partial charge is 0.353 e. The molecule has 2 atom stereocenters. The van der Waals surface area contributed by atoms with E-state index in [0.717, 1.165) is 18.9 Å². The molecular weight excluding hydrogens is 279 g/mol. The van der Waals surface area contributed by atoms with Crippen LogP contribution in [0.25, 0.3) is 0 Å². The summed E-state index contributed by atoms with van der Waals surface area (Å²) in [4.78, 5) is 9.05. The molecule has 1 aromatic rings. The molecule has 2 unspecified atom stereocenters. The highest BCUT2D eigenvalue weighted by molar-refractivity contribution is 6.28. The fourth-order valence-electron chi connectivity index (χ4n) is 2.31. The van der Waals surface area contributed by atoms with Gasteiger partial charge >= 0.3 is 6.18 Å². The highest BCUT2D eigenvalue weighted by Crippen LogP contribution is 2.32. The number of hydrogen-bond acceptors (Lipinski definition) is 3. The zero-order chi connectivity index (χ0) is 14.2. The van der Waals surface area contributed by atoms with Crippen molar-refractivity contribution in [3.63, 3.8) is 0 Å². The third kappa shape index (κ3) is 3.29.